The van der Waals surface area contributed by atoms with Crippen molar-refractivity contribution in [1.82, 2.24) is 25.2 Å². The van der Waals surface area contributed by atoms with Gasteiger partial charge in [-0.15, -0.1) is 35.3 Å². The SMILES string of the molecule is CCNC(=NCc1nc2ccccc2n1C)NCc1sc(C)nc1C.I. The number of hydrogen-bond acceptors (Lipinski definition) is 4. The van der Waals surface area contributed by atoms with Gasteiger partial charge in [-0.2, -0.15) is 0 Å². The molecule has 0 spiro atoms. The van der Waals surface area contributed by atoms with Gasteiger partial charge in [-0.05, 0) is 32.9 Å². The van der Waals surface area contributed by atoms with E-state index in [4.69, 9.17) is 0 Å². The first-order valence-electron chi connectivity index (χ1n) is 8.44. The van der Waals surface area contributed by atoms with Crippen molar-refractivity contribution in [1.29, 1.82) is 0 Å². The highest BCUT2D eigenvalue weighted by Gasteiger charge is 2.08. The molecule has 26 heavy (non-hydrogen) atoms. The van der Waals surface area contributed by atoms with Crippen LogP contribution in [-0.2, 0) is 20.1 Å². The maximum atomic E-state index is 4.69. The molecule has 0 fully saturated rings. The molecule has 3 rings (SSSR count). The van der Waals surface area contributed by atoms with Crippen molar-refractivity contribution >= 4 is 52.3 Å². The topological polar surface area (TPSA) is 67.1 Å². The minimum Gasteiger partial charge on any atom is -0.357 e. The highest BCUT2D eigenvalue weighted by molar-refractivity contribution is 14.0. The molecule has 1 aromatic carbocycles. The van der Waals surface area contributed by atoms with Gasteiger partial charge in [0, 0.05) is 18.5 Å². The van der Waals surface area contributed by atoms with Gasteiger partial charge >= 0.3 is 0 Å². The second-order valence-corrected chi connectivity index (χ2v) is 7.15. The smallest absolute Gasteiger partial charge is 0.191 e. The molecule has 0 aliphatic heterocycles. The molecule has 0 aliphatic rings. The first-order valence-corrected chi connectivity index (χ1v) is 9.25. The average Bonchev–Trinajstić information content (AvgIpc) is 3.09. The Kier molecular flexibility index (Phi) is 7.39. The van der Waals surface area contributed by atoms with Crippen LogP contribution in [0.15, 0.2) is 29.3 Å². The third-order valence-electron chi connectivity index (χ3n) is 4.02. The molecule has 8 heteroatoms. The molecule has 0 radical (unpaired) electrons. The molecule has 2 aromatic heterocycles. The highest BCUT2D eigenvalue weighted by atomic mass is 127. The minimum absolute atomic E-state index is 0. The van der Waals surface area contributed by atoms with Crippen molar-refractivity contribution in [3.05, 3.63) is 45.7 Å². The van der Waals surface area contributed by atoms with Gasteiger partial charge in [0.15, 0.2) is 5.96 Å². The van der Waals surface area contributed by atoms with E-state index < -0.39 is 0 Å². The summed E-state index contributed by atoms with van der Waals surface area (Å²) in [6, 6.07) is 8.14. The van der Waals surface area contributed by atoms with Crippen LogP contribution in [0.4, 0.5) is 0 Å². The van der Waals surface area contributed by atoms with Crippen molar-refractivity contribution in [3.8, 4) is 0 Å². The van der Waals surface area contributed by atoms with Crippen LogP contribution < -0.4 is 10.6 Å². The molecule has 2 N–H and O–H groups in total. The third kappa shape index (κ3) is 4.73. The van der Waals surface area contributed by atoms with Crippen molar-refractivity contribution < 1.29 is 0 Å². The fourth-order valence-corrected chi connectivity index (χ4v) is 3.61. The summed E-state index contributed by atoms with van der Waals surface area (Å²) in [5, 5.41) is 7.77. The fraction of sp³-hybridized carbons (Fsp3) is 0.389. The highest BCUT2D eigenvalue weighted by Crippen LogP contribution is 2.17. The standard InChI is InChI=1S/C18H24N6S.HI/c1-5-19-18(20-10-16-12(2)22-13(3)25-16)21-11-17-23-14-8-6-7-9-15(14)24(17)4;/h6-9H,5,10-11H2,1-4H3,(H2,19,20,21);1H. The van der Waals surface area contributed by atoms with Crippen LogP contribution in [0.5, 0.6) is 0 Å². The Balaban J connectivity index is 0.00000243. The Morgan fingerprint density at radius 3 is 2.62 bits per heavy atom. The maximum absolute atomic E-state index is 4.69. The van der Waals surface area contributed by atoms with E-state index in [-0.39, 0.29) is 24.0 Å². The third-order valence-corrected chi connectivity index (χ3v) is 5.09. The average molecular weight is 484 g/mol. The summed E-state index contributed by atoms with van der Waals surface area (Å²) < 4.78 is 2.10. The number of halogens is 1. The van der Waals surface area contributed by atoms with E-state index in [1.54, 1.807) is 11.3 Å². The van der Waals surface area contributed by atoms with E-state index in [2.05, 4.69) is 43.2 Å². The van der Waals surface area contributed by atoms with Gasteiger partial charge in [0.25, 0.3) is 0 Å². The molecule has 0 unspecified atom stereocenters. The summed E-state index contributed by atoms with van der Waals surface area (Å²) in [5.41, 5.74) is 3.21. The quantitative estimate of drug-likeness (QED) is 0.331. The van der Waals surface area contributed by atoms with Crippen LogP contribution in [-0.4, -0.2) is 27.0 Å². The summed E-state index contributed by atoms with van der Waals surface area (Å²) in [5.74, 6) is 1.74. The van der Waals surface area contributed by atoms with Crippen LogP contribution in [0.1, 0.15) is 28.3 Å². The lowest BCUT2D eigenvalue weighted by molar-refractivity contribution is 0.779. The number of para-hydroxylation sites is 2. The number of guanidine groups is 1. The Hall–Kier alpha value is -1.68. The monoisotopic (exact) mass is 484 g/mol. The number of hydrogen-bond donors (Lipinski definition) is 2. The molecule has 3 aromatic rings. The van der Waals surface area contributed by atoms with Gasteiger partial charge in [-0.3, -0.25) is 0 Å². The molecule has 0 amide bonds. The van der Waals surface area contributed by atoms with Crippen molar-refractivity contribution in [3.63, 3.8) is 0 Å². The van der Waals surface area contributed by atoms with E-state index in [0.29, 0.717) is 6.54 Å². The molecular formula is C18H25IN6S. The summed E-state index contributed by atoms with van der Waals surface area (Å²) >= 11 is 1.72. The molecule has 0 saturated heterocycles. The zero-order valence-electron chi connectivity index (χ0n) is 15.5. The summed E-state index contributed by atoms with van der Waals surface area (Å²) in [6.07, 6.45) is 0. The van der Waals surface area contributed by atoms with Crippen molar-refractivity contribution in [2.45, 2.75) is 33.9 Å². The number of nitrogens with zero attached hydrogens (tertiary/aromatic N) is 4. The van der Waals surface area contributed by atoms with Crippen LogP contribution in [0, 0.1) is 13.8 Å². The van der Waals surface area contributed by atoms with Crippen LogP contribution in [0.25, 0.3) is 11.0 Å². The molecule has 0 aliphatic carbocycles. The number of thiazole rings is 1. The molecule has 6 nitrogen and oxygen atoms in total. The molecule has 0 saturated carbocycles. The Morgan fingerprint density at radius 2 is 1.96 bits per heavy atom. The Labute approximate surface area is 175 Å². The van der Waals surface area contributed by atoms with Gasteiger partial charge < -0.3 is 15.2 Å². The number of rotatable bonds is 5. The number of aromatic nitrogens is 3. The van der Waals surface area contributed by atoms with E-state index in [1.165, 1.54) is 4.88 Å². The lowest BCUT2D eigenvalue weighted by atomic mass is 10.3. The molecule has 140 valence electrons. The number of benzene rings is 1. The number of nitrogens with one attached hydrogen (secondary N) is 2. The predicted octanol–water partition coefficient (Wildman–Crippen LogP) is 3.52. The van der Waals surface area contributed by atoms with Crippen LogP contribution >= 0.6 is 35.3 Å². The lowest BCUT2D eigenvalue weighted by Crippen LogP contribution is -2.36. The molecule has 0 bridgehead atoms. The minimum atomic E-state index is 0. The van der Waals surface area contributed by atoms with Crippen LogP contribution in [0.3, 0.4) is 0 Å². The van der Waals surface area contributed by atoms with E-state index in [1.807, 2.05) is 39.1 Å². The number of imidazole rings is 1. The molecule has 2 heterocycles. The fourth-order valence-electron chi connectivity index (χ4n) is 2.73. The first-order chi connectivity index (χ1) is 12.1. The summed E-state index contributed by atoms with van der Waals surface area (Å²) in [4.78, 5) is 15.1. The number of fused-ring (bicyclic) bond motifs is 1. The predicted molar refractivity (Wildman–Crippen MR) is 119 cm³/mol. The normalized spacial score (nSPS) is 11.5. The second-order valence-electron chi connectivity index (χ2n) is 5.87. The maximum Gasteiger partial charge on any atom is 0.191 e. The van der Waals surface area contributed by atoms with Gasteiger partial charge in [0.05, 0.1) is 28.3 Å². The van der Waals surface area contributed by atoms with E-state index in [0.717, 1.165) is 46.6 Å². The largest absolute Gasteiger partial charge is 0.357 e. The van der Waals surface area contributed by atoms with Gasteiger partial charge in [-0.25, -0.2) is 15.0 Å². The number of aryl methyl sites for hydroxylation is 3. The lowest BCUT2D eigenvalue weighted by Gasteiger charge is -2.10. The molecule has 0 atom stereocenters. The Bertz CT molecular complexity index is 898. The van der Waals surface area contributed by atoms with Crippen LogP contribution in [0.2, 0.25) is 0 Å². The molecular weight excluding hydrogens is 459 g/mol. The first kappa shape index (κ1) is 20.6. The van der Waals surface area contributed by atoms with Gasteiger partial charge in [0.1, 0.15) is 12.4 Å². The zero-order valence-corrected chi connectivity index (χ0v) is 18.7. The van der Waals surface area contributed by atoms with E-state index >= 15 is 0 Å². The van der Waals surface area contributed by atoms with Gasteiger partial charge in [0.2, 0.25) is 0 Å². The number of aliphatic imine (C=N–C) groups is 1. The second kappa shape index (κ2) is 9.31. The Morgan fingerprint density at radius 1 is 1.19 bits per heavy atom. The van der Waals surface area contributed by atoms with Crippen molar-refractivity contribution in [2.24, 2.45) is 12.0 Å². The van der Waals surface area contributed by atoms with Gasteiger partial charge in [-0.1, -0.05) is 12.1 Å². The summed E-state index contributed by atoms with van der Waals surface area (Å²) in [6.45, 7) is 8.21. The zero-order chi connectivity index (χ0) is 17.8. The summed E-state index contributed by atoms with van der Waals surface area (Å²) in [7, 11) is 2.03. The van der Waals surface area contributed by atoms with E-state index in [9.17, 15) is 0 Å². The van der Waals surface area contributed by atoms with Crippen molar-refractivity contribution in [2.75, 3.05) is 6.54 Å².